The molecule has 0 fully saturated rings. The molecule has 2 amide bonds. The van der Waals surface area contributed by atoms with E-state index in [0.717, 1.165) is 33.3 Å². The first-order valence-corrected chi connectivity index (χ1v) is 15.0. The second kappa shape index (κ2) is 15.2. The van der Waals surface area contributed by atoms with Crippen LogP contribution in [0.2, 0.25) is 0 Å². The van der Waals surface area contributed by atoms with Gasteiger partial charge in [-0.1, -0.05) is 30.3 Å². The highest BCUT2D eigenvalue weighted by molar-refractivity contribution is 5.91. The fourth-order valence-electron chi connectivity index (χ4n) is 5.51. The monoisotopic (exact) mass is 598 g/mol. The molecule has 3 N–H and O–H groups in total. The van der Waals surface area contributed by atoms with Crippen molar-refractivity contribution in [2.45, 2.75) is 51.3 Å². The summed E-state index contributed by atoms with van der Waals surface area (Å²) in [6.45, 7) is 2.33. The van der Waals surface area contributed by atoms with E-state index in [1.807, 2.05) is 66.9 Å². The number of carbonyl (C=O) groups is 3. The van der Waals surface area contributed by atoms with Crippen LogP contribution < -0.4 is 15.4 Å². The number of fused-ring (bicyclic) bond motifs is 5. The lowest BCUT2D eigenvalue weighted by molar-refractivity contribution is -0.141. The first-order chi connectivity index (χ1) is 21.5. The van der Waals surface area contributed by atoms with E-state index in [2.05, 4.69) is 20.2 Å². The highest BCUT2D eigenvalue weighted by Gasteiger charge is 2.28. The van der Waals surface area contributed by atoms with Crippen molar-refractivity contribution in [3.63, 3.8) is 0 Å². The SMILES string of the molecule is O=C(O)C[C@@H](CCCc1ccc(OCc2ccncc2)cc1)C(=O)N[C@H]1Cc2cn(c3ccccc23)CCOCCNC1=O. The molecular formula is C34H38N4O6. The zero-order valence-corrected chi connectivity index (χ0v) is 24.6. The number of carboxylic acids is 1. The number of benzene rings is 2. The van der Waals surface area contributed by atoms with Gasteiger partial charge in [-0.2, -0.15) is 0 Å². The van der Waals surface area contributed by atoms with E-state index in [1.165, 1.54) is 0 Å². The third-order valence-electron chi connectivity index (χ3n) is 7.84. The standard InChI is InChI=1S/C34H38N4O6/c39-32(40)21-26(5-3-4-24-8-10-28(11-9-24)44-23-25-12-14-35-15-13-25)33(41)37-30-20-27-22-38(31-7-2-1-6-29(27)31)17-19-43-18-16-36-34(30)42/h1-2,6-15,22,26,30H,3-5,16-21,23H2,(H,36,42)(H,37,41)(H,39,40)/t26-,30+/m1/s1. The Balaban J connectivity index is 1.21. The van der Waals surface area contributed by atoms with Gasteiger partial charge >= 0.3 is 5.97 Å². The van der Waals surface area contributed by atoms with E-state index in [4.69, 9.17) is 9.47 Å². The average molecular weight is 599 g/mol. The van der Waals surface area contributed by atoms with Gasteiger partial charge < -0.3 is 29.8 Å². The van der Waals surface area contributed by atoms with Crippen molar-refractivity contribution in [2.75, 3.05) is 19.8 Å². The lowest BCUT2D eigenvalue weighted by Gasteiger charge is -2.22. The number of pyridine rings is 1. The number of aliphatic carboxylic acids is 1. The van der Waals surface area contributed by atoms with Gasteiger partial charge in [0.05, 0.1) is 19.6 Å². The Morgan fingerprint density at radius 3 is 2.66 bits per heavy atom. The normalized spacial score (nSPS) is 16.3. The van der Waals surface area contributed by atoms with Gasteiger partial charge in [-0.05, 0) is 66.3 Å². The highest BCUT2D eigenvalue weighted by atomic mass is 16.5. The minimum Gasteiger partial charge on any atom is -0.489 e. The summed E-state index contributed by atoms with van der Waals surface area (Å²) in [7, 11) is 0. The maximum atomic E-state index is 13.5. The van der Waals surface area contributed by atoms with Crippen LogP contribution in [-0.4, -0.2) is 58.2 Å². The Morgan fingerprint density at radius 2 is 1.86 bits per heavy atom. The maximum Gasteiger partial charge on any atom is 0.304 e. The molecule has 2 aromatic heterocycles. The molecule has 4 aromatic rings. The fraction of sp³-hybridized carbons (Fsp3) is 0.353. The molecule has 2 atom stereocenters. The number of hydrogen-bond donors (Lipinski definition) is 3. The molecule has 10 heteroatoms. The fourth-order valence-corrected chi connectivity index (χ4v) is 5.51. The molecule has 1 aliphatic rings. The zero-order valence-electron chi connectivity index (χ0n) is 24.6. The number of nitrogens with one attached hydrogen (secondary N) is 2. The molecule has 5 rings (SSSR count). The van der Waals surface area contributed by atoms with Gasteiger partial charge in [-0.3, -0.25) is 19.4 Å². The second-order valence-electron chi connectivity index (χ2n) is 11.0. The van der Waals surface area contributed by atoms with E-state index in [9.17, 15) is 19.5 Å². The van der Waals surface area contributed by atoms with Crippen molar-refractivity contribution < 1.29 is 29.0 Å². The first-order valence-electron chi connectivity index (χ1n) is 15.0. The highest BCUT2D eigenvalue weighted by Crippen LogP contribution is 2.24. The van der Waals surface area contributed by atoms with E-state index < -0.39 is 23.8 Å². The largest absolute Gasteiger partial charge is 0.489 e. The predicted octanol–water partition coefficient (Wildman–Crippen LogP) is 3.90. The number of aryl methyl sites for hydroxylation is 1. The molecule has 10 nitrogen and oxygen atoms in total. The van der Waals surface area contributed by atoms with Crippen molar-refractivity contribution in [1.29, 1.82) is 0 Å². The molecule has 230 valence electrons. The number of para-hydroxylation sites is 1. The number of carbonyl (C=O) groups excluding carboxylic acids is 2. The molecule has 0 saturated carbocycles. The Bertz CT molecular complexity index is 1550. The van der Waals surface area contributed by atoms with E-state index in [0.29, 0.717) is 58.6 Å². The van der Waals surface area contributed by atoms with Gasteiger partial charge in [0, 0.05) is 54.9 Å². The van der Waals surface area contributed by atoms with Crippen LogP contribution in [0.4, 0.5) is 0 Å². The molecule has 2 aromatic carbocycles. The van der Waals surface area contributed by atoms with Crippen molar-refractivity contribution >= 4 is 28.7 Å². The number of aromatic nitrogens is 2. The average Bonchev–Trinajstić information content (AvgIpc) is 3.38. The zero-order chi connectivity index (χ0) is 30.7. The predicted molar refractivity (Wildman–Crippen MR) is 165 cm³/mol. The van der Waals surface area contributed by atoms with Crippen LogP contribution in [0.5, 0.6) is 5.75 Å². The van der Waals surface area contributed by atoms with Crippen molar-refractivity contribution in [2.24, 2.45) is 5.92 Å². The van der Waals surface area contributed by atoms with Gasteiger partial charge in [-0.15, -0.1) is 0 Å². The Kier molecular flexibility index (Phi) is 10.6. The Hall–Kier alpha value is -4.70. The maximum absolute atomic E-state index is 13.5. The molecule has 44 heavy (non-hydrogen) atoms. The van der Waals surface area contributed by atoms with Gasteiger partial charge in [0.1, 0.15) is 18.4 Å². The van der Waals surface area contributed by atoms with E-state index in [1.54, 1.807) is 12.4 Å². The quantitative estimate of drug-likeness (QED) is 0.239. The number of hydrogen-bond acceptors (Lipinski definition) is 6. The van der Waals surface area contributed by atoms with Crippen molar-refractivity contribution in [3.05, 3.63) is 95.9 Å². The summed E-state index contributed by atoms with van der Waals surface area (Å²) in [4.78, 5) is 42.4. The van der Waals surface area contributed by atoms with Crippen molar-refractivity contribution in [3.8, 4) is 5.75 Å². The topological polar surface area (TPSA) is 132 Å². The van der Waals surface area contributed by atoms with E-state index in [-0.39, 0.29) is 12.3 Å². The van der Waals surface area contributed by atoms with Crippen molar-refractivity contribution in [1.82, 2.24) is 20.2 Å². The van der Waals surface area contributed by atoms with Gasteiger partial charge in [0.2, 0.25) is 11.8 Å². The summed E-state index contributed by atoms with van der Waals surface area (Å²) in [6, 6.07) is 18.7. The molecule has 2 bridgehead atoms. The van der Waals surface area contributed by atoms with E-state index >= 15 is 0 Å². The number of ether oxygens (including phenoxy) is 2. The smallest absolute Gasteiger partial charge is 0.304 e. The third-order valence-corrected chi connectivity index (χ3v) is 7.84. The molecule has 0 unspecified atom stereocenters. The molecule has 0 radical (unpaired) electrons. The number of amides is 2. The van der Waals surface area contributed by atoms with Gasteiger partial charge in [0.15, 0.2) is 0 Å². The lowest BCUT2D eigenvalue weighted by Crippen LogP contribution is -2.50. The Morgan fingerprint density at radius 1 is 1.07 bits per heavy atom. The summed E-state index contributed by atoms with van der Waals surface area (Å²) in [5, 5.41) is 16.3. The second-order valence-corrected chi connectivity index (χ2v) is 11.0. The summed E-state index contributed by atoms with van der Waals surface area (Å²) in [5.74, 6) is -1.82. The summed E-state index contributed by atoms with van der Waals surface area (Å²) >= 11 is 0. The van der Waals surface area contributed by atoms with Crippen LogP contribution >= 0.6 is 0 Å². The third kappa shape index (κ3) is 8.44. The number of carboxylic acid groups (broad SMARTS) is 1. The van der Waals surface area contributed by atoms with Crippen LogP contribution in [0.3, 0.4) is 0 Å². The van der Waals surface area contributed by atoms with Gasteiger partial charge in [0.25, 0.3) is 0 Å². The van der Waals surface area contributed by atoms with Crippen LogP contribution in [0.1, 0.15) is 36.0 Å². The minimum absolute atomic E-state index is 0.293. The van der Waals surface area contributed by atoms with Crippen LogP contribution in [0, 0.1) is 5.92 Å². The summed E-state index contributed by atoms with van der Waals surface area (Å²) < 4.78 is 13.6. The van der Waals surface area contributed by atoms with Crippen LogP contribution in [0.25, 0.3) is 10.9 Å². The molecule has 0 saturated heterocycles. The lowest BCUT2D eigenvalue weighted by atomic mass is 9.94. The van der Waals surface area contributed by atoms with Crippen LogP contribution in [-0.2, 0) is 45.1 Å². The van der Waals surface area contributed by atoms with Crippen LogP contribution in [0.15, 0.2) is 79.3 Å². The first kappa shape index (κ1) is 30.7. The Labute approximate surface area is 256 Å². The minimum atomic E-state index is -1.05. The molecule has 0 aliphatic carbocycles. The molecule has 0 spiro atoms. The summed E-state index contributed by atoms with van der Waals surface area (Å²) in [6.07, 6.45) is 7.11. The summed E-state index contributed by atoms with van der Waals surface area (Å²) in [5.41, 5.74) is 4.06. The molecule has 1 aliphatic heterocycles. The van der Waals surface area contributed by atoms with Gasteiger partial charge in [-0.25, -0.2) is 0 Å². The molecular weight excluding hydrogens is 560 g/mol. The number of rotatable bonds is 11. The molecule has 3 heterocycles. The number of nitrogens with zero attached hydrogens (tertiary/aromatic N) is 2.